The number of hydrogen-bond acceptors (Lipinski definition) is 2. The maximum absolute atomic E-state index is 11.5. The lowest BCUT2D eigenvalue weighted by atomic mass is 10.2. The Morgan fingerprint density at radius 2 is 1.69 bits per heavy atom. The van der Waals surface area contributed by atoms with Gasteiger partial charge in [0, 0.05) is 0 Å². The topological polar surface area (TPSA) is 29.5 Å². The molecule has 13 heavy (non-hydrogen) atoms. The normalized spacial score (nSPS) is 11.6. The van der Waals surface area contributed by atoms with Crippen molar-refractivity contribution in [3.05, 3.63) is 29.8 Å². The Labute approximate surface area is 72.6 Å². The maximum atomic E-state index is 11.5. The van der Waals surface area contributed by atoms with E-state index < -0.39 is 13.0 Å². The molecule has 1 aromatic rings. The van der Waals surface area contributed by atoms with Crippen LogP contribution in [0.25, 0.3) is 0 Å². The summed E-state index contributed by atoms with van der Waals surface area (Å²) in [4.78, 5) is 0. The number of alkyl halides is 3. The van der Waals surface area contributed by atoms with Crippen molar-refractivity contribution in [2.24, 2.45) is 0 Å². The summed E-state index contributed by atoms with van der Waals surface area (Å²) in [5, 5.41) is 8.82. The zero-order valence-electron chi connectivity index (χ0n) is 6.51. The van der Waals surface area contributed by atoms with Gasteiger partial charge in [-0.2, -0.15) is 0 Å². The van der Waals surface area contributed by atoms with Crippen LogP contribution in [0, 0.1) is 0 Å². The van der Waals surface area contributed by atoms with Gasteiger partial charge in [0.1, 0.15) is 5.75 Å². The van der Waals surface area contributed by atoms with Gasteiger partial charge in [-0.25, -0.2) is 0 Å². The van der Waals surface area contributed by atoms with E-state index in [1.54, 1.807) is 0 Å². The van der Waals surface area contributed by atoms with Crippen molar-refractivity contribution in [2.45, 2.75) is 13.0 Å². The average molecular weight is 192 g/mol. The summed E-state index contributed by atoms with van der Waals surface area (Å²) in [5.74, 6) is 0.00996. The molecule has 5 heteroatoms. The maximum Gasteiger partial charge on any atom is 0.522 e. The second-order valence-corrected chi connectivity index (χ2v) is 2.40. The highest BCUT2D eigenvalue weighted by atomic mass is 19.4. The Hall–Kier alpha value is -1.23. The molecule has 0 saturated heterocycles. The van der Waals surface area contributed by atoms with Crippen LogP contribution in [0.2, 0.25) is 0 Å². The van der Waals surface area contributed by atoms with E-state index in [0.29, 0.717) is 5.56 Å². The fourth-order valence-corrected chi connectivity index (χ4v) is 0.757. The van der Waals surface area contributed by atoms with Crippen LogP contribution in [0.4, 0.5) is 13.2 Å². The second kappa shape index (κ2) is 3.66. The minimum Gasteiger partial charge on any atom is -0.508 e. The molecule has 1 rings (SSSR count). The molecule has 1 aromatic carbocycles. The smallest absolute Gasteiger partial charge is 0.508 e. The highest BCUT2D eigenvalue weighted by Gasteiger charge is 2.28. The SMILES string of the molecule is Oc1ccc(COC(F)(F)F)cc1. The van der Waals surface area contributed by atoms with E-state index in [4.69, 9.17) is 5.11 Å². The number of phenols is 1. The molecule has 0 aliphatic carbocycles. The van der Waals surface area contributed by atoms with Crippen LogP contribution in [0.5, 0.6) is 5.75 Å². The summed E-state index contributed by atoms with van der Waals surface area (Å²) < 4.78 is 38.2. The molecule has 0 fully saturated rings. The lowest BCUT2D eigenvalue weighted by molar-refractivity contribution is -0.330. The number of phenolic OH excluding ortho intramolecular Hbond substituents is 1. The van der Waals surface area contributed by atoms with E-state index in [0.717, 1.165) is 0 Å². The summed E-state index contributed by atoms with van der Waals surface area (Å²) in [6, 6.07) is 5.33. The van der Waals surface area contributed by atoms with Gasteiger partial charge in [0.15, 0.2) is 0 Å². The molecular formula is C8H7F3O2. The zero-order chi connectivity index (χ0) is 9.90. The summed E-state index contributed by atoms with van der Waals surface area (Å²) >= 11 is 0. The molecule has 0 aliphatic heterocycles. The second-order valence-electron chi connectivity index (χ2n) is 2.40. The van der Waals surface area contributed by atoms with Crippen molar-refractivity contribution < 1.29 is 23.0 Å². The Morgan fingerprint density at radius 3 is 2.15 bits per heavy atom. The van der Waals surface area contributed by atoms with Gasteiger partial charge in [-0.3, -0.25) is 4.74 Å². The molecule has 0 atom stereocenters. The Balaban J connectivity index is 2.51. The van der Waals surface area contributed by atoms with Gasteiger partial charge in [0.05, 0.1) is 6.61 Å². The number of rotatable bonds is 2. The zero-order valence-corrected chi connectivity index (χ0v) is 6.51. The monoisotopic (exact) mass is 192 g/mol. The third-order valence-electron chi connectivity index (χ3n) is 1.34. The van der Waals surface area contributed by atoms with Crippen LogP contribution in [0.3, 0.4) is 0 Å². The van der Waals surface area contributed by atoms with Crippen LogP contribution >= 0.6 is 0 Å². The van der Waals surface area contributed by atoms with Gasteiger partial charge in [0.25, 0.3) is 0 Å². The molecule has 72 valence electrons. The molecule has 0 aliphatic rings. The van der Waals surface area contributed by atoms with E-state index in [1.165, 1.54) is 24.3 Å². The van der Waals surface area contributed by atoms with E-state index in [1.807, 2.05) is 0 Å². The molecule has 1 N–H and O–H groups in total. The van der Waals surface area contributed by atoms with Crippen LogP contribution in [0.1, 0.15) is 5.56 Å². The molecule has 0 radical (unpaired) electrons. The fraction of sp³-hybridized carbons (Fsp3) is 0.250. The molecule has 0 spiro atoms. The lowest BCUT2D eigenvalue weighted by Crippen LogP contribution is -2.12. The molecule has 0 aromatic heterocycles. The van der Waals surface area contributed by atoms with Crippen molar-refractivity contribution in [3.63, 3.8) is 0 Å². The number of hydrogen-bond donors (Lipinski definition) is 1. The highest BCUT2D eigenvalue weighted by molar-refractivity contribution is 5.25. The lowest BCUT2D eigenvalue weighted by Gasteiger charge is -2.06. The predicted octanol–water partition coefficient (Wildman–Crippen LogP) is 2.43. The summed E-state index contributed by atoms with van der Waals surface area (Å²) in [5.41, 5.74) is 0.357. The van der Waals surface area contributed by atoms with Crippen molar-refractivity contribution in [3.8, 4) is 5.75 Å². The molecule has 0 unspecified atom stereocenters. The summed E-state index contributed by atoms with van der Waals surface area (Å²) in [6.45, 7) is -0.538. The van der Waals surface area contributed by atoms with Crippen LogP contribution < -0.4 is 0 Å². The predicted molar refractivity (Wildman–Crippen MR) is 39.0 cm³/mol. The van der Waals surface area contributed by atoms with Gasteiger partial charge in [-0.1, -0.05) is 12.1 Å². The first-order chi connectivity index (χ1) is 5.97. The van der Waals surface area contributed by atoms with E-state index in [2.05, 4.69) is 4.74 Å². The van der Waals surface area contributed by atoms with Gasteiger partial charge in [-0.15, -0.1) is 13.2 Å². The first kappa shape index (κ1) is 9.85. The molecule has 2 nitrogen and oxygen atoms in total. The highest BCUT2D eigenvalue weighted by Crippen LogP contribution is 2.19. The number of halogens is 3. The van der Waals surface area contributed by atoms with Gasteiger partial charge in [-0.05, 0) is 17.7 Å². The van der Waals surface area contributed by atoms with Crippen molar-refractivity contribution in [1.82, 2.24) is 0 Å². The average Bonchev–Trinajstić information content (AvgIpc) is 2.02. The number of aromatic hydroxyl groups is 1. The largest absolute Gasteiger partial charge is 0.522 e. The number of benzene rings is 1. The Bertz CT molecular complexity index is 266. The van der Waals surface area contributed by atoms with Crippen LogP contribution in [0.15, 0.2) is 24.3 Å². The van der Waals surface area contributed by atoms with Crippen LogP contribution in [-0.4, -0.2) is 11.5 Å². The standard InChI is InChI=1S/C8H7F3O2/c9-8(10,11)13-5-6-1-3-7(12)4-2-6/h1-4,12H,5H2. The minimum atomic E-state index is -4.61. The van der Waals surface area contributed by atoms with Crippen molar-refractivity contribution >= 4 is 0 Å². The summed E-state index contributed by atoms with van der Waals surface area (Å²) in [7, 11) is 0. The Morgan fingerprint density at radius 1 is 1.15 bits per heavy atom. The van der Waals surface area contributed by atoms with Gasteiger partial charge in [0.2, 0.25) is 0 Å². The fourth-order valence-electron chi connectivity index (χ4n) is 0.757. The Kier molecular flexibility index (Phi) is 2.77. The third kappa shape index (κ3) is 3.80. The third-order valence-corrected chi connectivity index (χ3v) is 1.34. The molecular weight excluding hydrogens is 185 g/mol. The van der Waals surface area contributed by atoms with Crippen molar-refractivity contribution in [2.75, 3.05) is 0 Å². The minimum absolute atomic E-state index is 0.00996. The van der Waals surface area contributed by atoms with E-state index in [9.17, 15) is 13.2 Å². The molecule has 0 saturated carbocycles. The van der Waals surface area contributed by atoms with Gasteiger partial charge < -0.3 is 5.11 Å². The van der Waals surface area contributed by atoms with Crippen LogP contribution in [-0.2, 0) is 11.3 Å². The van der Waals surface area contributed by atoms with Gasteiger partial charge >= 0.3 is 6.36 Å². The molecule has 0 amide bonds. The summed E-state index contributed by atoms with van der Waals surface area (Å²) in [6.07, 6.45) is -4.61. The first-order valence-electron chi connectivity index (χ1n) is 3.46. The van der Waals surface area contributed by atoms with E-state index >= 15 is 0 Å². The van der Waals surface area contributed by atoms with Crippen molar-refractivity contribution in [1.29, 1.82) is 0 Å². The molecule has 0 heterocycles. The van der Waals surface area contributed by atoms with E-state index in [-0.39, 0.29) is 5.75 Å². The number of ether oxygens (including phenoxy) is 1. The first-order valence-corrected chi connectivity index (χ1v) is 3.46. The quantitative estimate of drug-likeness (QED) is 0.779. The molecule has 0 bridgehead atoms.